The number of nitrogens with zero attached hydrogens (tertiary/aromatic N) is 3. The summed E-state index contributed by atoms with van der Waals surface area (Å²) in [5.41, 5.74) is 0.933. The van der Waals surface area contributed by atoms with Gasteiger partial charge in [0.15, 0.2) is 5.82 Å². The van der Waals surface area contributed by atoms with Crippen LogP contribution in [0.1, 0.15) is 24.2 Å². The average Bonchev–Trinajstić information content (AvgIpc) is 3.22. The minimum atomic E-state index is -0.202. The highest BCUT2D eigenvalue weighted by Crippen LogP contribution is 2.22. The Bertz CT molecular complexity index is 795. The molecule has 132 valence electrons. The standard InChI is InChI=1S/C16H17ClN4O3S/c1-10-7-11(4-5-12(10)17)24-8-13-18-16(20-19-13)25-9-15(23)21-6-2-3-14(21)22/h4-5,7H,2-3,6,8-9H2,1H3,(H,18,19,20). The molecule has 0 aliphatic carbocycles. The summed E-state index contributed by atoms with van der Waals surface area (Å²) in [5.74, 6) is 1.08. The molecule has 1 fully saturated rings. The lowest BCUT2D eigenvalue weighted by Crippen LogP contribution is -2.33. The number of hydrogen-bond donors (Lipinski definition) is 1. The average molecular weight is 381 g/mol. The van der Waals surface area contributed by atoms with E-state index in [9.17, 15) is 9.59 Å². The van der Waals surface area contributed by atoms with Crippen molar-refractivity contribution in [3.05, 3.63) is 34.6 Å². The summed E-state index contributed by atoms with van der Waals surface area (Å²) in [5, 5.41) is 7.96. The van der Waals surface area contributed by atoms with Gasteiger partial charge in [-0.15, -0.1) is 5.10 Å². The van der Waals surface area contributed by atoms with Crippen LogP contribution in [0.3, 0.4) is 0 Å². The SMILES string of the molecule is Cc1cc(OCc2nc(SCC(=O)N3CCCC3=O)n[nH]2)ccc1Cl. The number of carbonyl (C=O) groups is 2. The molecule has 1 saturated heterocycles. The molecule has 2 amide bonds. The van der Waals surface area contributed by atoms with Gasteiger partial charge in [0.1, 0.15) is 12.4 Å². The molecular weight excluding hydrogens is 364 g/mol. The normalized spacial score (nSPS) is 14.2. The number of halogens is 1. The number of benzene rings is 1. The number of aromatic nitrogens is 3. The molecule has 0 unspecified atom stereocenters. The largest absolute Gasteiger partial charge is 0.486 e. The monoisotopic (exact) mass is 380 g/mol. The fourth-order valence-electron chi connectivity index (χ4n) is 2.38. The molecule has 1 N–H and O–H groups in total. The molecule has 1 aromatic carbocycles. The third kappa shape index (κ3) is 4.52. The van der Waals surface area contributed by atoms with E-state index in [1.165, 1.54) is 16.7 Å². The number of aryl methyl sites for hydroxylation is 1. The number of aromatic amines is 1. The first kappa shape index (κ1) is 17.8. The lowest BCUT2D eigenvalue weighted by Gasteiger charge is -2.11. The van der Waals surface area contributed by atoms with Crippen molar-refractivity contribution in [2.45, 2.75) is 31.5 Å². The summed E-state index contributed by atoms with van der Waals surface area (Å²) in [6.45, 7) is 2.64. The first-order valence-electron chi connectivity index (χ1n) is 7.79. The highest BCUT2D eigenvalue weighted by atomic mass is 35.5. The Labute approximate surface area is 154 Å². The number of hydrogen-bond acceptors (Lipinski definition) is 6. The van der Waals surface area contributed by atoms with Crippen molar-refractivity contribution in [2.24, 2.45) is 0 Å². The first-order chi connectivity index (χ1) is 12.0. The number of nitrogens with one attached hydrogen (secondary N) is 1. The van der Waals surface area contributed by atoms with Crippen LogP contribution < -0.4 is 4.74 Å². The molecule has 0 saturated carbocycles. The van der Waals surface area contributed by atoms with Gasteiger partial charge in [-0.3, -0.25) is 19.6 Å². The minimum absolute atomic E-state index is 0.104. The van der Waals surface area contributed by atoms with Crippen LogP contribution in [0, 0.1) is 6.92 Å². The number of amides is 2. The van der Waals surface area contributed by atoms with E-state index in [2.05, 4.69) is 15.2 Å². The van der Waals surface area contributed by atoms with Crippen molar-refractivity contribution in [3.63, 3.8) is 0 Å². The predicted octanol–water partition coefficient (Wildman–Crippen LogP) is 2.59. The van der Waals surface area contributed by atoms with Crippen LogP contribution in [0.25, 0.3) is 0 Å². The second-order valence-electron chi connectivity index (χ2n) is 5.60. The molecule has 3 rings (SSSR count). The molecule has 0 bridgehead atoms. The Hall–Kier alpha value is -2.06. The Balaban J connectivity index is 1.49. The van der Waals surface area contributed by atoms with Gasteiger partial charge in [0.05, 0.1) is 5.75 Å². The van der Waals surface area contributed by atoms with Crippen LogP contribution in [0.5, 0.6) is 5.75 Å². The molecule has 1 aliphatic rings. The maximum absolute atomic E-state index is 12.0. The second-order valence-corrected chi connectivity index (χ2v) is 6.95. The minimum Gasteiger partial charge on any atom is -0.486 e. The molecule has 9 heteroatoms. The van der Waals surface area contributed by atoms with Gasteiger partial charge in [-0.25, -0.2) is 4.98 Å². The third-order valence-corrected chi connectivity index (χ3v) is 4.97. The Kier molecular flexibility index (Phi) is 5.60. The fraction of sp³-hybridized carbons (Fsp3) is 0.375. The van der Waals surface area contributed by atoms with Crippen molar-refractivity contribution in [1.82, 2.24) is 20.1 Å². The molecule has 2 heterocycles. The number of likely N-dealkylation sites (tertiary alicyclic amines) is 1. The summed E-state index contributed by atoms with van der Waals surface area (Å²) in [6.07, 6.45) is 1.18. The van der Waals surface area contributed by atoms with Crippen LogP contribution >= 0.6 is 23.4 Å². The van der Waals surface area contributed by atoms with Gasteiger partial charge in [0, 0.05) is 18.0 Å². The molecule has 1 aliphatic heterocycles. The predicted molar refractivity (Wildman–Crippen MR) is 93.6 cm³/mol. The number of rotatable bonds is 6. The van der Waals surface area contributed by atoms with Gasteiger partial charge < -0.3 is 4.74 Å². The van der Waals surface area contributed by atoms with Gasteiger partial charge in [0.25, 0.3) is 0 Å². The summed E-state index contributed by atoms with van der Waals surface area (Å²) in [4.78, 5) is 29.1. The molecule has 0 radical (unpaired) electrons. The number of imide groups is 1. The van der Waals surface area contributed by atoms with Gasteiger partial charge in [-0.05, 0) is 37.1 Å². The zero-order valence-corrected chi connectivity index (χ0v) is 15.2. The molecular formula is C16H17ClN4O3S. The molecule has 2 aromatic rings. The zero-order valence-electron chi connectivity index (χ0n) is 13.6. The second kappa shape index (κ2) is 7.88. The van der Waals surface area contributed by atoms with E-state index in [0.717, 1.165) is 12.0 Å². The Morgan fingerprint density at radius 1 is 1.48 bits per heavy atom. The van der Waals surface area contributed by atoms with Crippen LogP contribution in [-0.2, 0) is 16.2 Å². The Morgan fingerprint density at radius 2 is 2.32 bits per heavy atom. The molecule has 0 atom stereocenters. The van der Waals surface area contributed by atoms with Gasteiger partial charge >= 0.3 is 0 Å². The van der Waals surface area contributed by atoms with E-state index >= 15 is 0 Å². The van der Waals surface area contributed by atoms with Crippen LogP contribution in [-0.4, -0.2) is 44.2 Å². The maximum atomic E-state index is 12.0. The van der Waals surface area contributed by atoms with Crippen molar-refractivity contribution in [2.75, 3.05) is 12.3 Å². The number of thioether (sulfide) groups is 1. The van der Waals surface area contributed by atoms with E-state index in [1.807, 2.05) is 13.0 Å². The molecule has 25 heavy (non-hydrogen) atoms. The van der Waals surface area contributed by atoms with E-state index in [-0.39, 0.29) is 24.2 Å². The lowest BCUT2D eigenvalue weighted by molar-refractivity contribution is -0.140. The van der Waals surface area contributed by atoms with Crippen LogP contribution in [0.2, 0.25) is 5.02 Å². The van der Waals surface area contributed by atoms with Crippen LogP contribution in [0.4, 0.5) is 0 Å². The van der Waals surface area contributed by atoms with Gasteiger partial charge in [-0.2, -0.15) is 0 Å². The first-order valence-corrected chi connectivity index (χ1v) is 9.15. The van der Waals surface area contributed by atoms with Crippen molar-refractivity contribution in [3.8, 4) is 5.75 Å². The number of carbonyl (C=O) groups excluding carboxylic acids is 2. The van der Waals surface area contributed by atoms with E-state index < -0.39 is 0 Å². The smallest absolute Gasteiger partial charge is 0.239 e. The van der Waals surface area contributed by atoms with Gasteiger partial charge in [-0.1, -0.05) is 23.4 Å². The fourth-order valence-corrected chi connectivity index (χ4v) is 3.19. The number of H-pyrrole nitrogens is 1. The summed E-state index contributed by atoms with van der Waals surface area (Å²) >= 11 is 7.17. The highest BCUT2D eigenvalue weighted by Gasteiger charge is 2.26. The van der Waals surface area contributed by atoms with Crippen molar-refractivity contribution >= 4 is 35.2 Å². The molecule has 0 spiro atoms. The lowest BCUT2D eigenvalue weighted by atomic mass is 10.2. The van der Waals surface area contributed by atoms with E-state index in [4.69, 9.17) is 16.3 Å². The third-order valence-electron chi connectivity index (χ3n) is 3.72. The number of ether oxygens (including phenoxy) is 1. The summed E-state index contributed by atoms with van der Waals surface area (Å²) in [6, 6.07) is 5.41. The van der Waals surface area contributed by atoms with Crippen molar-refractivity contribution < 1.29 is 14.3 Å². The zero-order chi connectivity index (χ0) is 17.8. The Morgan fingerprint density at radius 3 is 3.04 bits per heavy atom. The highest BCUT2D eigenvalue weighted by molar-refractivity contribution is 7.99. The van der Waals surface area contributed by atoms with Gasteiger partial charge in [0.2, 0.25) is 17.0 Å². The van der Waals surface area contributed by atoms with E-state index in [0.29, 0.717) is 34.7 Å². The quantitative estimate of drug-likeness (QED) is 0.775. The summed E-state index contributed by atoms with van der Waals surface area (Å²) < 4.78 is 5.64. The maximum Gasteiger partial charge on any atom is 0.239 e. The summed E-state index contributed by atoms with van der Waals surface area (Å²) in [7, 11) is 0. The molecule has 7 nitrogen and oxygen atoms in total. The van der Waals surface area contributed by atoms with Crippen molar-refractivity contribution in [1.29, 1.82) is 0 Å². The van der Waals surface area contributed by atoms with E-state index in [1.54, 1.807) is 12.1 Å². The molecule has 1 aromatic heterocycles. The topological polar surface area (TPSA) is 88.2 Å². The van der Waals surface area contributed by atoms with Crippen LogP contribution in [0.15, 0.2) is 23.4 Å².